The molecule has 1 heteroatoms. The van der Waals surface area contributed by atoms with E-state index < -0.39 is 0 Å². The van der Waals surface area contributed by atoms with E-state index in [1.165, 1.54) is 15.4 Å². The molecule has 0 radical (unpaired) electrons. The Balaban J connectivity index is 0. The van der Waals surface area contributed by atoms with Crippen molar-refractivity contribution in [2.75, 3.05) is 0 Å². The van der Waals surface area contributed by atoms with Crippen LogP contribution in [0.1, 0.15) is 33.3 Å². The molecule has 0 saturated carbocycles. The Bertz CT molecular complexity index is 408. The van der Waals surface area contributed by atoms with Gasteiger partial charge in [0.25, 0.3) is 0 Å². The van der Waals surface area contributed by atoms with Crippen molar-refractivity contribution in [3.05, 3.63) is 78.3 Å². The predicted octanol–water partition coefficient (Wildman–Crippen LogP) is 6.95. The number of aryl methyl sites for hydroxylation is 1. The van der Waals surface area contributed by atoms with Crippen LogP contribution in [-0.2, 0) is 0 Å². The van der Waals surface area contributed by atoms with E-state index in [9.17, 15) is 0 Å². The molecule has 0 aliphatic heterocycles. The fourth-order valence-corrected chi connectivity index (χ4v) is 1.90. The Labute approximate surface area is 130 Å². The van der Waals surface area contributed by atoms with Crippen molar-refractivity contribution in [3.63, 3.8) is 0 Å². The van der Waals surface area contributed by atoms with Crippen LogP contribution in [0, 0.1) is 6.92 Å². The van der Waals surface area contributed by atoms with Gasteiger partial charge in [0.05, 0.1) is 0 Å². The molecule has 1 rings (SSSR count). The molecule has 0 saturated heterocycles. The van der Waals surface area contributed by atoms with E-state index in [0.717, 1.165) is 0 Å². The van der Waals surface area contributed by atoms with Crippen LogP contribution in [-0.4, -0.2) is 0 Å². The molecule has 0 atom stereocenters. The third-order valence-corrected chi connectivity index (χ3v) is 3.05. The zero-order valence-corrected chi connectivity index (χ0v) is 14.3. The van der Waals surface area contributed by atoms with Gasteiger partial charge in [0.15, 0.2) is 0 Å². The minimum atomic E-state index is 1.23. The molecule has 0 heterocycles. The van der Waals surface area contributed by atoms with Crippen LogP contribution in [0.5, 0.6) is 0 Å². The summed E-state index contributed by atoms with van der Waals surface area (Å²) in [6.07, 6.45) is 9.66. The third kappa shape index (κ3) is 11.6. The van der Waals surface area contributed by atoms with Gasteiger partial charge < -0.3 is 0 Å². The van der Waals surface area contributed by atoms with Gasteiger partial charge in [-0.2, -0.15) is 0 Å². The van der Waals surface area contributed by atoms with Gasteiger partial charge in [-0.3, -0.25) is 0 Å². The van der Waals surface area contributed by atoms with Crippen LogP contribution in [0.4, 0.5) is 0 Å². The lowest BCUT2D eigenvalue weighted by Gasteiger charge is -2.02. The molecule has 0 aliphatic carbocycles. The number of benzene rings is 1. The molecule has 0 nitrogen and oxygen atoms in total. The lowest BCUT2D eigenvalue weighted by molar-refractivity contribution is 1.38. The van der Waals surface area contributed by atoms with Crippen LogP contribution in [0.3, 0.4) is 0 Å². The van der Waals surface area contributed by atoms with E-state index in [0.29, 0.717) is 0 Å². The number of hydrogen-bond acceptors (Lipinski definition) is 1. The van der Waals surface area contributed by atoms with Crippen molar-refractivity contribution in [2.24, 2.45) is 0 Å². The van der Waals surface area contributed by atoms with Gasteiger partial charge in [0.1, 0.15) is 0 Å². The van der Waals surface area contributed by atoms with Gasteiger partial charge in [-0.1, -0.05) is 74.2 Å². The van der Waals surface area contributed by atoms with Gasteiger partial charge in [-0.25, -0.2) is 0 Å². The highest BCUT2D eigenvalue weighted by Gasteiger charge is 1.95. The molecular weight excluding hydrogens is 260 g/mol. The van der Waals surface area contributed by atoms with E-state index in [1.807, 2.05) is 33.8 Å². The Hall–Kier alpha value is -1.47. The summed E-state index contributed by atoms with van der Waals surface area (Å²) >= 11 is 1.76. The Morgan fingerprint density at radius 2 is 1.55 bits per heavy atom. The summed E-state index contributed by atoms with van der Waals surface area (Å²) in [5.41, 5.74) is 1.29. The second-order valence-corrected chi connectivity index (χ2v) is 4.76. The molecule has 0 amide bonds. The van der Waals surface area contributed by atoms with Crippen LogP contribution in [0.25, 0.3) is 0 Å². The van der Waals surface area contributed by atoms with Crippen molar-refractivity contribution in [1.29, 1.82) is 0 Å². The minimum absolute atomic E-state index is 1.23. The number of hydrogen-bond donors (Lipinski definition) is 0. The lowest BCUT2D eigenvalue weighted by atomic mass is 10.2. The average molecular weight is 288 g/mol. The van der Waals surface area contributed by atoms with Crippen LogP contribution in [0.15, 0.2) is 77.6 Å². The van der Waals surface area contributed by atoms with Crippen LogP contribution in [0.2, 0.25) is 0 Å². The summed E-state index contributed by atoms with van der Waals surface area (Å²) in [7, 11) is 0. The Morgan fingerprint density at radius 1 is 1.05 bits per heavy atom. The molecule has 0 unspecified atom stereocenters. The molecule has 0 spiro atoms. The minimum Gasteiger partial charge on any atom is -0.103 e. The molecule has 0 aromatic heterocycles. The third-order valence-electron chi connectivity index (χ3n) is 1.94. The van der Waals surface area contributed by atoms with E-state index in [2.05, 4.69) is 56.5 Å². The second kappa shape index (κ2) is 15.6. The smallest absolute Gasteiger partial charge is 0.0122 e. The maximum atomic E-state index is 3.66. The first-order valence-electron chi connectivity index (χ1n) is 6.94. The lowest BCUT2D eigenvalue weighted by Crippen LogP contribution is -1.75. The van der Waals surface area contributed by atoms with Crippen molar-refractivity contribution in [3.8, 4) is 0 Å². The van der Waals surface area contributed by atoms with E-state index >= 15 is 0 Å². The zero-order chi connectivity index (χ0) is 15.8. The number of thioether (sulfide) groups is 1. The first-order chi connectivity index (χ1) is 9.67. The Kier molecular flexibility index (Phi) is 16.2. The van der Waals surface area contributed by atoms with Crippen molar-refractivity contribution in [2.45, 2.75) is 39.5 Å². The second-order valence-electron chi connectivity index (χ2n) is 3.61. The molecule has 1 aromatic carbocycles. The largest absolute Gasteiger partial charge is 0.103 e. The fourth-order valence-electron chi connectivity index (χ4n) is 1.09. The molecule has 0 N–H and O–H groups in total. The molecule has 0 aliphatic rings. The van der Waals surface area contributed by atoms with Gasteiger partial charge in [0, 0.05) is 9.80 Å². The quantitative estimate of drug-likeness (QED) is 0.328. The fraction of sp³-hybridized carbons (Fsp3) is 0.263. The van der Waals surface area contributed by atoms with Gasteiger partial charge in [-0.05, 0) is 39.0 Å². The molecule has 0 fully saturated rings. The van der Waals surface area contributed by atoms with Crippen LogP contribution >= 0.6 is 11.8 Å². The van der Waals surface area contributed by atoms with E-state index in [1.54, 1.807) is 23.9 Å². The first kappa shape index (κ1) is 20.8. The highest BCUT2D eigenvalue weighted by atomic mass is 32.2. The summed E-state index contributed by atoms with van der Waals surface area (Å²) in [5, 5.41) is 0. The normalized spacial score (nSPS) is 9.95. The van der Waals surface area contributed by atoms with Crippen molar-refractivity contribution in [1.82, 2.24) is 0 Å². The van der Waals surface area contributed by atoms with Crippen molar-refractivity contribution >= 4 is 11.8 Å². The topological polar surface area (TPSA) is 0 Å². The average Bonchev–Trinajstić information content (AvgIpc) is 2.48. The van der Waals surface area contributed by atoms with Gasteiger partial charge in [-0.15, -0.1) is 6.58 Å². The van der Waals surface area contributed by atoms with Gasteiger partial charge in [0.2, 0.25) is 0 Å². The first-order valence-corrected chi connectivity index (χ1v) is 7.76. The van der Waals surface area contributed by atoms with E-state index in [-0.39, 0.29) is 0 Å². The SMILES string of the molecule is C=C/C=C\C(=C/C)Sc1ccc(C)cc1.C=CC.CC. The predicted molar refractivity (Wildman–Crippen MR) is 97.3 cm³/mol. The molecule has 1 aromatic rings. The summed E-state index contributed by atoms with van der Waals surface area (Å²) in [6.45, 7) is 17.1. The highest BCUT2D eigenvalue weighted by Crippen LogP contribution is 2.27. The summed E-state index contributed by atoms with van der Waals surface area (Å²) in [6, 6.07) is 8.55. The van der Waals surface area contributed by atoms with E-state index in [4.69, 9.17) is 0 Å². The maximum Gasteiger partial charge on any atom is 0.0122 e. The summed E-state index contributed by atoms with van der Waals surface area (Å²) < 4.78 is 0. The molecule has 0 bridgehead atoms. The number of allylic oxidation sites excluding steroid dienone is 5. The summed E-state index contributed by atoms with van der Waals surface area (Å²) in [5.74, 6) is 0. The maximum absolute atomic E-state index is 3.66. The van der Waals surface area contributed by atoms with Crippen LogP contribution < -0.4 is 0 Å². The standard InChI is InChI=1S/C14H16S.C3H6.C2H6/c1-4-6-7-13(5-2)15-14-10-8-12(3)9-11-14;1-3-2;1-2/h4-11H,1H2,2-3H3;3H,1H2,2H3;1-2H3/b7-6-,13-5+;;. The zero-order valence-electron chi connectivity index (χ0n) is 13.5. The highest BCUT2D eigenvalue weighted by molar-refractivity contribution is 8.03. The monoisotopic (exact) mass is 288 g/mol. The number of rotatable bonds is 4. The molecular formula is C19H28S. The molecule has 110 valence electrons. The Morgan fingerprint density at radius 3 is 1.95 bits per heavy atom. The summed E-state index contributed by atoms with van der Waals surface area (Å²) in [4.78, 5) is 2.50. The van der Waals surface area contributed by atoms with Crippen molar-refractivity contribution < 1.29 is 0 Å². The molecule has 20 heavy (non-hydrogen) atoms. The van der Waals surface area contributed by atoms with Gasteiger partial charge >= 0.3 is 0 Å².